The first-order valence-electron chi connectivity index (χ1n) is 8.60. The van der Waals surface area contributed by atoms with Crippen LogP contribution in [0.1, 0.15) is 10.4 Å². The highest BCUT2D eigenvalue weighted by molar-refractivity contribution is 7.89. The second kappa shape index (κ2) is 8.17. The largest absolute Gasteiger partial charge is 0.379 e. The zero-order chi connectivity index (χ0) is 20.6. The summed E-state index contributed by atoms with van der Waals surface area (Å²) in [6, 6.07) is 9.24. The van der Waals surface area contributed by atoms with Crippen molar-refractivity contribution in [3.05, 3.63) is 52.0 Å². The molecule has 0 atom stereocenters. The molecule has 4 rings (SSSR count). The Morgan fingerprint density at radius 3 is 2.48 bits per heavy atom. The lowest BCUT2D eigenvalue weighted by Gasteiger charge is -2.26. The summed E-state index contributed by atoms with van der Waals surface area (Å²) in [7, 11) is -3.61. The van der Waals surface area contributed by atoms with Crippen LogP contribution in [0.25, 0.3) is 10.2 Å². The van der Waals surface area contributed by atoms with Crippen molar-refractivity contribution >= 4 is 65.8 Å². The maximum Gasteiger partial charge on any atom is 0.257 e. The molecule has 0 saturated carbocycles. The molecule has 2 aromatic carbocycles. The predicted octanol–water partition coefficient (Wildman–Crippen LogP) is 3.88. The van der Waals surface area contributed by atoms with E-state index in [2.05, 4.69) is 10.3 Å². The minimum atomic E-state index is -3.61. The van der Waals surface area contributed by atoms with Crippen LogP contribution < -0.4 is 5.32 Å². The molecule has 3 aromatic rings. The van der Waals surface area contributed by atoms with Crippen molar-refractivity contribution in [2.24, 2.45) is 0 Å². The van der Waals surface area contributed by atoms with Gasteiger partial charge < -0.3 is 4.74 Å². The average Bonchev–Trinajstić information content (AvgIpc) is 3.15. The molecular weight excluding hydrogens is 457 g/mol. The Labute approximate surface area is 181 Å². The summed E-state index contributed by atoms with van der Waals surface area (Å²) in [6.07, 6.45) is 0. The van der Waals surface area contributed by atoms with Gasteiger partial charge in [0, 0.05) is 18.7 Å². The topological polar surface area (TPSA) is 88.6 Å². The van der Waals surface area contributed by atoms with Gasteiger partial charge in [-0.15, -0.1) is 0 Å². The summed E-state index contributed by atoms with van der Waals surface area (Å²) < 4.78 is 32.7. The van der Waals surface area contributed by atoms with E-state index in [0.29, 0.717) is 52.6 Å². The number of sulfonamides is 1. The van der Waals surface area contributed by atoms with E-state index in [-0.39, 0.29) is 4.90 Å². The fourth-order valence-electron chi connectivity index (χ4n) is 2.87. The molecule has 1 N–H and O–H groups in total. The van der Waals surface area contributed by atoms with Gasteiger partial charge >= 0.3 is 0 Å². The number of halogens is 2. The number of anilines is 1. The monoisotopic (exact) mass is 471 g/mol. The van der Waals surface area contributed by atoms with E-state index in [1.54, 1.807) is 12.1 Å². The number of hydrogen-bond acceptors (Lipinski definition) is 6. The summed E-state index contributed by atoms with van der Waals surface area (Å²) in [6.45, 7) is 1.37. The molecule has 0 radical (unpaired) electrons. The van der Waals surface area contributed by atoms with Crippen LogP contribution in [0.3, 0.4) is 0 Å². The van der Waals surface area contributed by atoms with Crippen LogP contribution in [-0.4, -0.2) is 49.9 Å². The molecule has 2 heterocycles. The molecule has 0 bridgehead atoms. The fourth-order valence-corrected chi connectivity index (χ4v) is 5.57. The smallest absolute Gasteiger partial charge is 0.257 e. The van der Waals surface area contributed by atoms with Crippen LogP contribution in [0, 0.1) is 0 Å². The third kappa shape index (κ3) is 4.11. The maximum absolute atomic E-state index is 12.7. The van der Waals surface area contributed by atoms with Gasteiger partial charge in [-0.3, -0.25) is 10.1 Å². The molecule has 11 heteroatoms. The highest BCUT2D eigenvalue weighted by Crippen LogP contribution is 2.35. The molecule has 1 aliphatic heterocycles. The van der Waals surface area contributed by atoms with Crippen molar-refractivity contribution in [2.45, 2.75) is 4.90 Å². The van der Waals surface area contributed by atoms with Crippen molar-refractivity contribution in [3.8, 4) is 0 Å². The van der Waals surface area contributed by atoms with Gasteiger partial charge in [-0.25, -0.2) is 13.4 Å². The molecular formula is C18H15Cl2N3O4S2. The van der Waals surface area contributed by atoms with Gasteiger partial charge in [0.05, 0.1) is 32.9 Å². The SMILES string of the molecule is O=C(Nc1nc2c(Cl)c(Cl)ccc2s1)c1ccc(S(=O)(=O)N2CCOCC2)cc1. The molecule has 152 valence electrons. The summed E-state index contributed by atoms with van der Waals surface area (Å²) >= 11 is 13.4. The van der Waals surface area contributed by atoms with Crippen LogP contribution in [0.2, 0.25) is 10.0 Å². The maximum atomic E-state index is 12.7. The quantitative estimate of drug-likeness (QED) is 0.623. The standard InChI is InChI=1S/C18H15Cl2N3O4S2/c19-13-5-6-14-16(15(13)20)21-18(28-14)22-17(24)11-1-3-12(4-2-11)29(25,26)23-7-9-27-10-8-23/h1-6H,7-10H2,(H,21,22,24). The van der Waals surface area contributed by atoms with E-state index in [4.69, 9.17) is 27.9 Å². The Morgan fingerprint density at radius 1 is 1.10 bits per heavy atom. The molecule has 1 fully saturated rings. The molecule has 1 aliphatic rings. The first-order valence-corrected chi connectivity index (χ1v) is 11.6. The minimum absolute atomic E-state index is 0.136. The van der Waals surface area contributed by atoms with Crippen molar-refractivity contribution in [1.82, 2.24) is 9.29 Å². The van der Waals surface area contributed by atoms with Gasteiger partial charge in [-0.2, -0.15) is 4.31 Å². The lowest BCUT2D eigenvalue weighted by molar-refractivity contribution is 0.0730. The number of thiazole rings is 1. The first-order chi connectivity index (χ1) is 13.9. The van der Waals surface area contributed by atoms with E-state index in [0.717, 1.165) is 4.70 Å². The van der Waals surface area contributed by atoms with E-state index in [1.165, 1.54) is 39.9 Å². The number of nitrogens with zero attached hydrogens (tertiary/aromatic N) is 2. The number of hydrogen-bond donors (Lipinski definition) is 1. The Bertz CT molecular complexity index is 1170. The number of carbonyl (C=O) groups excluding carboxylic acids is 1. The lowest BCUT2D eigenvalue weighted by Crippen LogP contribution is -2.40. The molecule has 1 amide bonds. The number of morpholine rings is 1. The number of ether oxygens (including phenoxy) is 1. The Balaban J connectivity index is 1.52. The van der Waals surface area contributed by atoms with Crippen LogP contribution in [-0.2, 0) is 14.8 Å². The number of amides is 1. The molecule has 1 saturated heterocycles. The van der Waals surface area contributed by atoms with Crippen molar-refractivity contribution in [3.63, 3.8) is 0 Å². The number of carbonyl (C=O) groups is 1. The summed E-state index contributed by atoms with van der Waals surface area (Å²) in [5, 5.41) is 3.80. The lowest BCUT2D eigenvalue weighted by atomic mass is 10.2. The Kier molecular flexibility index (Phi) is 5.78. The zero-order valence-corrected chi connectivity index (χ0v) is 18.0. The number of aromatic nitrogens is 1. The summed E-state index contributed by atoms with van der Waals surface area (Å²) in [5.74, 6) is -0.401. The van der Waals surface area contributed by atoms with Gasteiger partial charge in [-0.1, -0.05) is 34.5 Å². The molecule has 0 aliphatic carbocycles. The summed E-state index contributed by atoms with van der Waals surface area (Å²) in [5.41, 5.74) is 0.834. The fraction of sp³-hybridized carbons (Fsp3) is 0.222. The van der Waals surface area contributed by atoms with Crippen LogP contribution in [0.5, 0.6) is 0 Å². The van der Waals surface area contributed by atoms with Crippen LogP contribution in [0.4, 0.5) is 5.13 Å². The van der Waals surface area contributed by atoms with E-state index in [1.807, 2.05) is 0 Å². The summed E-state index contributed by atoms with van der Waals surface area (Å²) in [4.78, 5) is 17.0. The Morgan fingerprint density at radius 2 is 1.79 bits per heavy atom. The van der Waals surface area contributed by atoms with Crippen LogP contribution in [0.15, 0.2) is 41.3 Å². The minimum Gasteiger partial charge on any atom is -0.379 e. The highest BCUT2D eigenvalue weighted by atomic mass is 35.5. The third-order valence-corrected chi connectivity index (χ3v) is 8.04. The van der Waals surface area contributed by atoms with Crippen molar-refractivity contribution in [2.75, 3.05) is 31.6 Å². The second-order valence-electron chi connectivity index (χ2n) is 6.22. The molecule has 0 spiro atoms. The van der Waals surface area contributed by atoms with Crippen molar-refractivity contribution < 1.29 is 17.9 Å². The van der Waals surface area contributed by atoms with E-state index >= 15 is 0 Å². The highest BCUT2D eigenvalue weighted by Gasteiger charge is 2.26. The van der Waals surface area contributed by atoms with E-state index < -0.39 is 15.9 Å². The van der Waals surface area contributed by atoms with Gasteiger partial charge in [0.1, 0.15) is 5.52 Å². The first kappa shape index (κ1) is 20.5. The Hall–Kier alpha value is -1.75. The van der Waals surface area contributed by atoms with Gasteiger partial charge in [-0.05, 0) is 36.4 Å². The van der Waals surface area contributed by atoms with Crippen LogP contribution >= 0.6 is 34.5 Å². The number of rotatable bonds is 4. The van der Waals surface area contributed by atoms with Gasteiger partial charge in [0.15, 0.2) is 5.13 Å². The van der Waals surface area contributed by atoms with E-state index in [9.17, 15) is 13.2 Å². The number of nitrogens with one attached hydrogen (secondary N) is 1. The molecule has 0 unspecified atom stereocenters. The zero-order valence-electron chi connectivity index (χ0n) is 14.9. The average molecular weight is 472 g/mol. The third-order valence-electron chi connectivity index (χ3n) is 4.40. The molecule has 7 nitrogen and oxygen atoms in total. The number of fused-ring (bicyclic) bond motifs is 1. The van der Waals surface area contributed by atoms with Gasteiger partial charge in [0.2, 0.25) is 10.0 Å². The molecule has 1 aromatic heterocycles. The predicted molar refractivity (Wildman–Crippen MR) is 114 cm³/mol. The normalized spacial score (nSPS) is 15.5. The van der Waals surface area contributed by atoms with Gasteiger partial charge in [0.25, 0.3) is 5.91 Å². The van der Waals surface area contributed by atoms with Crippen molar-refractivity contribution in [1.29, 1.82) is 0 Å². The molecule has 29 heavy (non-hydrogen) atoms. The second-order valence-corrected chi connectivity index (χ2v) is 9.98. The number of benzene rings is 2.